The summed E-state index contributed by atoms with van der Waals surface area (Å²) in [7, 11) is 0. The minimum absolute atomic E-state index is 0.0701. The Kier molecular flexibility index (Phi) is 3.92. The molecule has 0 radical (unpaired) electrons. The molecule has 0 spiro atoms. The van der Waals surface area contributed by atoms with E-state index < -0.39 is 43.5 Å². The van der Waals surface area contributed by atoms with Crippen molar-refractivity contribution in [3.8, 4) is 0 Å². The maximum Gasteiger partial charge on any atom is 0.418 e. The summed E-state index contributed by atoms with van der Waals surface area (Å²) in [5.74, 6) is -1.09. The van der Waals surface area contributed by atoms with Crippen molar-refractivity contribution < 1.29 is 32.4 Å². The number of rotatable bonds is 3. The van der Waals surface area contributed by atoms with Gasteiger partial charge in [-0.2, -0.15) is 13.2 Å². The summed E-state index contributed by atoms with van der Waals surface area (Å²) in [6, 6.07) is 1.02. The van der Waals surface area contributed by atoms with Gasteiger partial charge in [-0.3, -0.25) is 10.1 Å². The van der Waals surface area contributed by atoms with Gasteiger partial charge in [0.05, 0.1) is 23.2 Å². The van der Waals surface area contributed by atoms with Crippen LogP contribution in [-0.2, 0) is 10.9 Å². The fourth-order valence-electron chi connectivity index (χ4n) is 1.74. The molecular weight excluding hydrogens is 329 g/mol. The minimum Gasteiger partial charge on any atom is -0.617 e. The number of halogens is 3. The summed E-state index contributed by atoms with van der Waals surface area (Å²) in [5.41, 5.74) is -2.84. The van der Waals surface area contributed by atoms with E-state index in [0.717, 1.165) is 0 Å². The van der Waals surface area contributed by atoms with Crippen LogP contribution in [0.2, 0.25) is 0 Å². The molecular formula is C11H7F3N2O5S. The van der Waals surface area contributed by atoms with Crippen molar-refractivity contribution in [2.45, 2.75) is 13.1 Å². The highest BCUT2D eigenvalue weighted by molar-refractivity contribution is 7.20. The maximum absolute atomic E-state index is 13.0. The Morgan fingerprint density at radius 1 is 1.45 bits per heavy atom. The number of nitro groups is 1. The predicted octanol–water partition coefficient (Wildman–Crippen LogP) is 2.64. The van der Waals surface area contributed by atoms with Crippen molar-refractivity contribution in [3.05, 3.63) is 38.0 Å². The summed E-state index contributed by atoms with van der Waals surface area (Å²) >= 11 is 0.279. The molecule has 0 fully saturated rings. The van der Waals surface area contributed by atoms with Crippen LogP contribution in [0.4, 0.5) is 18.9 Å². The van der Waals surface area contributed by atoms with Crippen molar-refractivity contribution in [2.24, 2.45) is 0 Å². The molecule has 2 rings (SSSR count). The number of aromatic nitrogens is 1. The fraction of sp³-hybridized carbons (Fsp3) is 0.273. The van der Waals surface area contributed by atoms with Crippen molar-refractivity contribution in [1.82, 2.24) is 0 Å². The van der Waals surface area contributed by atoms with E-state index >= 15 is 0 Å². The van der Waals surface area contributed by atoms with Gasteiger partial charge >= 0.3 is 17.2 Å². The highest BCUT2D eigenvalue weighted by atomic mass is 32.1. The number of fused-ring (bicyclic) bond motifs is 1. The number of alkyl halides is 3. The number of esters is 1. The summed E-state index contributed by atoms with van der Waals surface area (Å²) in [5, 5.41) is 22.0. The first-order valence-electron chi connectivity index (χ1n) is 5.75. The number of carbonyl (C=O) groups is 1. The lowest BCUT2D eigenvalue weighted by atomic mass is 10.2. The maximum atomic E-state index is 13.0. The third kappa shape index (κ3) is 2.66. The molecule has 22 heavy (non-hydrogen) atoms. The molecule has 0 bridgehead atoms. The van der Waals surface area contributed by atoms with Crippen molar-refractivity contribution in [1.29, 1.82) is 0 Å². The lowest BCUT2D eigenvalue weighted by Crippen LogP contribution is -2.32. The molecule has 0 saturated carbocycles. The molecule has 2 aromatic rings. The second kappa shape index (κ2) is 5.40. The lowest BCUT2D eigenvalue weighted by Gasteiger charge is -2.06. The second-order valence-electron chi connectivity index (χ2n) is 4.02. The molecule has 0 saturated heterocycles. The predicted molar refractivity (Wildman–Crippen MR) is 68.4 cm³/mol. The Morgan fingerprint density at radius 2 is 2.09 bits per heavy atom. The summed E-state index contributed by atoms with van der Waals surface area (Å²) in [6.07, 6.45) is -4.91. The summed E-state index contributed by atoms with van der Waals surface area (Å²) < 4.78 is 43.0. The molecule has 0 amide bonds. The zero-order valence-electron chi connectivity index (χ0n) is 10.8. The van der Waals surface area contributed by atoms with Crippen molar-refractivity contribution in [2.75, 3.05) is 6.61 Å². The molecule has 1 aromatic carbocycles. The lowest BCUT2D eigenvalue weighted by molar-refractivity contribution is -0.575. The monoisotopic (exact) mass is 336 g/mol. The topological polar surface area (TPSA) is 96.4 Å². The Labute approximate surface area is 124 Å². The van der Waals surface area contributed by atoms with Crippen LogP contribution in [0.25, 0.3) is 10.2 Å². The molecule has 0 aliphatic carbocycles. The molecule has 11 heteroatoms. The van der Waals surface area contributed by atoms with Gasteiger partial charge < -0.3 is 9.94 Å². The quantitative estimate of drug-likeness (QED) is 0.282. The average molecular weight is 336 g/mol. The molecule has 0 unspecified atom stereocenters. The van der Waals surface area contributed by atoms with E-state index in [2.05, 4.69) is 4.74 Å². The smallest absolute Gasteiger partial charge is 0.418 e. The molecule has 0 aliphatic rings. The first-order valence-corrected chi connectivity index (χ1v) is 6.57. The number of non-ortho nitro benzene ring substituents is 1. The molecule has 0 aliphatic heterocycles. The number of nitro benzene ring substituents is 1. The standard InChI is InChI=1S/C11H7F3N2O5S/c1-2-21-10(17)9-15(18)7-4-5(16(19)20)3-6(8(7)22-9)11(12,13)14/h3-4H,2H2,1H3. The SMILES string of the molecule is CCOC(=O)c1sc2c(C(F)(F)F)cc([N+](=O)[O-])cc2[n+]1[O-]. The van der Waals surface area contributed by atoms with Crippen LogP contribution in [0.1, 0.15) is 22.3 Å². The molecule has 1 aromatic heterocycles. The molecule has 0 atom stereocenters. The van der Waals surface area contributed by atoms with Gasteiger partial charge in [-0.1, -0.05) is 11.3 Å². The molecule has 118 valence electrons. The van der Waals surface area contributed by atoms with E-state index in [-0.39, 0.29) is 22.7 Å². The van der Waals surface area contributed by atoms with E-state index in [0.29, 0.717) is 12.1 Å². The molecule has 0 N–H and O–H groups in total. The fourth-order valence-corrected chi connectivity index (χ4v) is 2.79. The van der Waals surface area contributed by atoms with Gasteiger partial charge in [0.2, 0.25) is 5.52 Å². The van der Waals surface area contributed by atoms with Crippen LogP contribution in [-0.4, -0.2) is 17.5 Å². The Bertz CT molecular complexity index is 771. The first kappa shape index (κ1) is 15.9. The van der Waals surface area contributed by atoms with Gasteiger partial charge in [-0.05, 0) is 6.92 Å². The second-order valence-corrected chi connectivity index (χ2v) is 5.02. The minimum atomic E-state index is -4.91. The van der Waals surface area contributed by atoms with E-state index in [4.69, 9.17) is 0 Å². The number of ether oxygens (including phenoxy) is 1. The van der Waals surface area contributed by atoms with E-state index in [9.17, 15) is 33.3 Å². The summed E-state index contributed by atoms with van der Waals surface area (Å²) in [6.45, 7) is 1.39. The van der Waals surface area contributed by atoms with Gasteiger partial charge in [0, 0.05) is 6.07 Å². The van der Waals surface area contributed by atoms with Crippen molar-refractivity contribution >= 4 is 33.2 Å². The zero-order chi connectivity index (χ0) is 16.7. The van der Waals surface area contributed by atoms with Crippen LogP contribution in [0.3, 0.4) is 0 Å². The van der Waals surface area contributed by atoms with Crippen LogP contribution in [0.5, 0.6) is 0 Å². The number of hydrogen-bond acceptors (Lipinski definition) is 6. The highest BCUT2D eigenvalue weighted by Gasteiger charge is 2.39. The number of hydrogen-bond donors (Lipinski definition) is 0. The van der Waals surface area contributed by atoms with E-state index in [1.807, 2.05) is 0 Å². The van der Waals surface area contributed by atoms with Crippen LogP contribution < -0.4 is 4.73 Å². The van der Waals surface area contributed by atoms with E-state index in [1.165, 1.54) is 6.92 Å². The third-order valence-electron chi connectivity index (χ3n) is 2.62. The van der Waals surface area contributed by atoms with Crippen molar-refractivity contribution in [3.63, 3.8) is 0 Å². The molecule has 1 heterocycles. The van der Waals surface area contributed by atoms with Gasteiger partial charge in [-0.25, -0.2) is 4.79 Å². The number of benzene rings is 1. The van der Waals surface area contributed by atoms with Crippen LogP contribution in [0, 0.1) is 15.3 Å². The summed E-state index contributed by atoms with van der Waals surface area (Å²) in [4.78, 5) is 21.2. The number of carbonyl (C=O) groups excluding carboxylic acids is 1. The van der Waals surface area contributed by atoms with Gasteiger partial charge in [0.1, 0.15) is 4.70 Å². The zero-order valence-corrected chi connectivity index (χ0v) is 11.7. The van der Waals surface area contributed by atoms with Gasteiger partial charge in [0.25, 0.3) is 5.69 Å². The number of thiazole rings is 1. The third-order valence-corrected chi connectivity index (χ3v) is 3.78. The average Bonchev–Trinajstić information content (AvgIpc) is 2.74. The Balaban J connectivity index is 2.80. The van der Waals surface area contributed by atoms with Crippen LogP contribution >= 0.6 is 11.3 Å². The van der Waals surface area contributed by atoms with E-state index in [1.54, 1.807) is 0 Å². The Morgan fingerprint density at radius 3 is 2.59 bits per heavy atom. The normalized spacial score (nSPS) is 11.6. The van der Waals surface area contributed by atoms with Gasteiger partial charge in [0.15, 0.2) is 0 Å². The largest absolute Gasteiger partial charge is 0.617 e. The first-order chi connectivity index (χ1) is 10.2. The molecule has 7 nitrogen and oxygen atoms in total. The highest BCUT2D eigenvalue weighted by Crippen LogP contribution is 2.39. The number of nitrogens with zero attached hydrogens (tertiary/aromatic N) is 2. The van der Waals surface area contributed by atoms with Gasteiger partial charge in [-0.15, -0.1) is 4.73 Å². The Hall–Kier alpha value is -2.43. The van der Waals surface area contributed by atoms with Crippen LogP contribution in [0.15, 0.2) is 12.1 Å².